The fourth-order valence-electron chi connectivity index (χ4n) is 2.94. The molecule has 0 fully saturated rings. The number of hydrogen-bond acceptors (Lipinski definition) is 7. The number of benzene rings is 1. The Morgan fingerprint density at radius 1 is 1.20 bits per heavy atom. The quantitative estimate of drug-likeness (QED) is 0.574. The van der Waals surface area contributed by atoms with Gasteiger partial charge in [0.05, 0.1) is 38.3 Å². The number of nitrogens with zero attached hydrogens (tertiary/aromatic N) is 3. The number of imidazole rings is 1. The SMILES string of the molecule is COc1ccc(CC(=O)Nc2nc(C)c(-c3nccn3C(F)F)s2)c(OC)c1OC. The Morgan fingerprint density at radius 2 is 1.93 bits per heavy atom. The monoisotopic (exact) mass is 438 g/mol. The number of carbonyl (C=O) groups excluding carboxylic acids is 1. The van der Waals surface area contributed by atoms with E-state index in [1.807, 2.05) is 0 Å². The van der Waals surface area contributed by atoms with Crippen molar-refractivity contribution in [2.45, 2.75) is 19.9 Å². The zero-order valence-electron chi connectivity index (χ0n) is 16.7. The molecule has 0 spiro atoms. The van der Waals surface area contributed by atoms with E-state index < -0.39 is 6.55 Å². The second kappa shape index (κ2) is 9.08. The normalized spacial score (nSPS) is 10.9. The number of hydrogen-bond donors (Lipinski definition) is 1. The van der Waals surface area contributed by atoms with Crippen molar-refractivity contribution in [3.8, 4) is 28.0 Å². The molecule has 0 aliphatic rings. The molecule has 0 unspecified atom stereocenters. The minimum Gasteiger partial charge on any atom is -0.493 e. The minimum atomic E-state index is -2.72. The van der Waals surface area contributed by atoms with E-state index in [1.165, 1.54) is 33.7 Å². The Kier molecular flexibility index (Phi) is 6.50. The fourth-order valence-corrected chi connectivity index (χ4v) is 3.93. The van der Waals surface area contributed by atoms with Gasteiger partial charge in [0.2, 0.25) is 11.7 Å². The van der Waals surface area contributed by atoms with Crippen molar-refractivity contribution in [3.63, 3.8) is 0 Å². The van der Waals surface area contributed by atoms with Crippen molar-refractivity contribution in [2.24, 2.45) is 0 Å². The minimum absolute atomic E-state index is 0.0108. The molecule has 1 aromatic carbocycles. The molecule has 0 aliphatic carbocycles. The number of alkyl halides is 2. The highest BCUT2D eigenvalue weighted by Crippen LogP contribution is 2.40. The number of ether oxygens (including phenoxy) is 3. The number of aryl methyl sites for hydroxylation is 1. The molecule has 30 heavy (non-hydrogen) atoms. The zero-order chi connectivity index (χ0) is 21.8. The highest BCUT2D eigenvalue weighted by Gasteiger charge is 2.21. The van der Waals surface area contributed by atoms with Crippen LogP contribution in [0.25, 0.3) is 10.7 Å². The molecular formula is C19H20F2N4O4S. The van der Waals surface area contributed by atoms with Gasteiger partial charge in [-0.3, -0.25) is 9.36 Å². The molecule has 3 aromatic rings. The van der Waals surface area contributed by atoms with E-state index >= 15 is 0 Å². The number of carbonyl (C=O) groups is 1. The van der Waals surface area contributed by atoms with Crippen LogP contribution in [0.1, 0.15) is 17.8 Å². The molecule has 1 amide bonds. The van der Waals surface area contributed by atoms with Gasteiger partial charge >= 0.3 is 6.55 Å². The number of halogens is 2. The van der Waals surface area contributed by atoms with Crippen molar-refractivity contribution < 1.29 is 27.8 Å². The van der Waals surface area contributed by atoms with Gasteiger partial charge in [-0.2, -0.15) is 8.78 Å². The van der Waals surface area contributed by atoms with Crippen LogP contribution in [0.4, 0.5) is 13.9 Å². The number of thiazole rings is 1. The zero-order valence-corrected chi connectivity index (χ0v) is 17.5. The van der Waals surface area contributed by atoms with Gasteiger partial charge in [-0.25, -0.2) is 9.97 Å². The Bertz CT molecular complexity index is 1050. The van der Waals surface area contributed by atoms with Gasteiger partial charge in [0, 0.05) is 18.0 Å². The third kappa shape index (κ3) is 4.20. The molecule has 2 heterocycles. The van der Waals surface area contributed by atoms with Crippen molar-refractivity contribution in [3.05, 3.63) is 35.8 Å². The maximum atomic E-state index is 13.1. The van der Waals surface area contributed by atoms with Crippen LogP contribution in [0, 0.1) is 6.92 Å². The highest BCUT2D eigenvalue weighted by molar-refractivity contribution is 7.19. The van der Waals surface area contributed by atoms with E-state index in [9.17, 15) is 13.6 Å². The van der Waals surface area contributed by atoms with Crippen LogP contribution < -0.4 is 19.5 Å². The van der Waals surface area contributed by atoms with Crippen LogP contribution in [0.3, 0.4) is 0 Å². The summed E-state index contributed by atoms with van der Waals surface area (Å²) in [4.78, 5) is 21.3. The lowest BCUT2D eigenvalue weighted by Gasteiger charge is -2.15. The molecule has 0 saturated carbocycles. The van der Waals surface area contributed by atoms with Gasteiger partial charge in [0.15, 0.2) is 22.5 Å². The van der Waals surface area contributed by atoms with Gasteiger partial charge in [0.25, 0.3) is 0 Å². The Morgan fingerprint density at radius 3 is 2.57 bits per heavy atom. The van der Waals surface area contributed by atoms with E-state index in [-0.39, 0.29) is 23.3 Å². The molecule has 8 nitrogen and oxygen atoms in total. The molecule has 0 bridgehead atoms. The molecule has 160 valence electrons. The first kappa shape index (κ1) is 21.5. The summed E-state index contributed by atoms with van der Waals surface area (Å²) in [5.74, 6) is 1.01. The average Bonchev–Trinajstić information content (AvgIpc) is 3.33. The lowest BCUT2D eigenvalue weighted by Crippen LogP contribution is -2.15. The topological polar surface area (TPSA) is 87.5 Å². The number of methoxy groups -OCH3 is 3. The van der Waals surface area contributed by atoms with Gasteiger partial charge in [-0.15, -0.1) is 0 Å². The molecule has 3 rings (SSSR count). The summed E-state index contributed by atoms with van der Waals surface area (Å²) in [6.07, 6.45) is 2.48. The van der Waals surface area contributed by atoms with Gasteiger partial charge in [-0.1, -0.05) is 17.4 Å². The second-order valence-electron chi connectivity index (χ2n) is 6.09. The molecule has 0 atom stereocenters. The highest BCUT2D eigenvalue weighted by atomic mass is 32.1. The first-order valence-corrected chi connectivity index (χ1v) is 9.57. The van der Waals surface area contributed by atoms with E-state index in [1.54, 1.807) is 19.1 Å². The molecule has 0 aliphatic heterocycles. The lowest BCUT2D eigenvalue weighted by molar-refractivity contribution is -0.115. The van der Waals surface area contributed by atoms with Crippen LogP contribution in [-0.2, 0) is 11.2 Å². The molecule has 11 heteroatoms. The summed E-state index contributed by atoms with van der Waals surface area (Å²) >= 11 is 1.08. The summed E-state index contributed by atoms with van der Waals surface area (Å²) in [5.41, 5.74) is 1.08. The van der Waals surface area contributed by atoms with Crippen LogP contribution >= 0.6 is 11.3 Å². The van der Waals surface area contributed by atoms with Gasteiger partial charge in [0.1, 0.15) is 0 Å². The number of nitrogens with one attached hydrogen (secondary N) is 1. The summed E-state index contributed by atoms with van der Waals surface area (Å²) in [6, 6.07) is 3.39. The van der Waals surface area contributed by atoms with Crippen LogP contribution in [0.2, 0.25) is 0 Å². The number of anilines is 1. The van der Waals surface area contributed by atoms with Crippen molar-refractivity contribution in [1.82, 2.24) is 14.5 Å². The summed E-state index contributed by atoms with van der Waals surface area (Å²) in [6.45, 7) is -1.05. The van der Waals surface area contributed by atoms with E-state index in [2.05, 4.69) is 15.3 Å². The first-order chi connectivity index (χ1) is 14.4. The van der Waals surface area contributed by atoms with Crippen molar-refractivity contribution in [2.75, 3.05) is 26.6 Å². The second-order valence-corrected chi connectivity index (χ2v) is 7.09. The number of aromatic nitrogens is 3. The molecule has 1 N–H and O–H groups in total. The van der Waals surface area contributed by atoms with Crippen LogP contribution in [-0.4, -0.2) is 41.8 Å². The van der Waals surface area contributed by atoms with Crippen molar-refractivity contribution in [1.29, 1.82) is 0 Å². The third-order valence-corrected chi connectivity index (χ3v) is 5.33. The summed E-state index contributed by atoms with van der Waals surface area (Å²) < 4.78 is 43.0. The molecular weight excluding hydrogens is 418 g/mol. The van der Waals surface area contributed by atoms with E-state index in [0.29, 0.717) is 33.4 Å². The Hall–Kier alpha value is -3.21. The summed E-state index contributed by atoms with van der Waals surface area (Å²) in [5, 5.41) is 2.98. The molecule has 0 saturated heterocycles. The molecule has 0 radical (unpaired) electrons. The molecule has 2 aromatic heterocycles. The largest absolute Gasteiger partial charge is 0.493 e. The van der Waals surface area contributed by atoms with E-state index in [0.717, 1.165) is 15.9 Å². The van der Waals surface area contributed by atoms with Crippen molar-refractivity contribution >= 4 is 22.4 Å². The van der Waals surface area contributed by atoms with Gasteiger partial charge in [-0.05, 0) is 13.0 Å². The first-order valence-electron chi connectivity index (χ1n) is 8.76. The number of amides is 1. The third-order valence-electron chi connectivity index (χ3n) is 4.26. The predicted octanol–water partition coefficient (Wildman–Crippen LogP) is 3.92. The number of rotatable bonds is 8. The standard InChI is InChI=1S/C19H20F2N4O4S/c1-10-16(17-22-7-8-25(17)18(20)21)30-19(23-10)24-13(26)9-11-5-6-12(27-2)15(29-4)14(11)28-3/h5-8,18H,9H2,1-4H3,(H,23,24,26). The van der Waals surface area contributed by atoms with Crippen LogP contribution in [0.15, 0.2) is 24.5 Å². The Balaban J connectivity index is 1.80. The maximum absolute atomic E-state index is 13.1. The summed E-state index contributed by atoms with van der Waals surface area (Å²) in [7, 11) is 4.46. The van der Waals surface area contributed by atoms with Crippen LogP contribution in [0.5, 0.6) is 17.2 Å². The lowest BCUT2D eigenvalue weighted by atomic mass is 10.1. The maximum Gasteiger partial charge on any atom is 0.320 e. The predicted molar refractivity (Wildman–Crippen MR) is 108 cm³/mol. The average molecular weight is 438 g/mol. The van der Waals surface area contributed by atoms with Gasteiger partial charge < -0.3 is 19.5 Å². The smallest absolute Gasteiger partial charge is 0.320 e. The fraction of sp³-hybridized carbons (Fsp3) is 0.316. The van der Waals surface area contributed by atoms with E-state index in [4.69, 9.17) is 14.2 Å². The Labute approximate surface area is 175 Å².